The average Bonchev–Trinajstić information content (AvgIpc) is 2.67. The molecule has 1 aromatic carbocycles. The third-order valence-corrected chi connectivity index (χ3v) is 3.86. The molecule has 1 amide bonds. The van der Waals surface area contributed by atoms with E-state index in [1.54, 1.807) is 6.07 Å². The van der Waals surface area contributed by atoms with Gasteiger partial charge in [0.1, 0.15) is 11.6 Å². The molecule has 1 heterocycles. The lowest BCUT2D eigenvalue weighted by atomic mass is 10.2. The van der Waals surface area contributed by atoms with Crippen LogP contribution < -0.4 is 5.73 Å². The zero-order valence-corrected chi connectivity index (χ0v) is 13.2. The number of carbonyl (C=O) groups is 1. The highest BCUT2D eigenvalue weighted by molar-refractivity contribution is 9.10. The van der Waals surface area contributed by atoms with E-state index in [4.69, 9.17) is 17.3 Å². The van der Waals surface area contributed by atoms with Crippen LogP contribution >= 0.6 is 27.5 Å². The molecule has 4 nitrogen and oxygen atoms in total. The monoisotopic (exact) mass is 361 g/mol. The van der Waals surface area contributed by atoms with Gasteiger partial charge in [0.15, 0.2) is 0 Å². The molecule has 0 fully saturated rings. The van der Waals surface area contributed by atoms with Gasteiger partial charge in [-0.15, -0.1) is 11.6 Å². The van der Waals surface area contributed by atoms with Crippen LogP contribution in [0.15, 0.2) is 16.6 Å². The van der Waals surface area contributed by atoms with Crippen molar-refractivity contribution in [2.75, 3.05) is 5.88 Å². The Morgan fingerprint density at radius 3 is 2.90 bits per heavy atom. The minimum atomic E-state index is -0.391. The van der Waals surface area contributed by atoms with E-state index in [0.29, 0.717) is 22.3 Å². The van der Waals surface area contributed by atoms with Gasteiger partial charge in [0.2, 0.25) is 5.91 Å². The summed E-state index contributed by atoms with van der Waals surface area (Å²) in [5.74, 6) is 0.358. The number of benzene rings is 1. The van der Waals surface area contributed by atoms with Crippen molar-refractivity contribution in [2.24, 2.45) is 5.73 Å². The molecule has 1 unspecified atom stereocenters. The van der Waals surface area contributed by atoms with Crippen molar-refractivity contribution in [1.82, 2.24) is 9.55 Å². The first-order valence-electron chi connectivity index (χ1n) is 6.14. The zero-order chi connectivity index (χ0) is 14.9. The molecule has 0 aliphatic heterocycles. The highest BCUT2D eigenvalue weighted by Gasteiger charge is 2.18. The van der Waals surface area contributed by atoms with Gasteiger partial charge in [-0.05, 0) is 28.9 Å². The molecule has 0 aliphatic rings. The number of halogens is 3. The molecule has 108 valence electrons. The molecule has 1 aromatic heterocycles. The Bertz CT molecular complexity index is 659. The van der Waals surface area contributed by atoms with Crippen LogP contribution in [0.5, 0.6) is 0 Å². The number of alkyl halides is 1. The van der Waals surface area contributed by atoms with Gasteiger partial charge in [-0.2, -0.15) is 0 Å². The van der Waals surface area contributed by atoms with Crippen LogP contribution in [-0.2, 0) is 11.2 Å². The molecule has 0 spiro atoms. The molecule has 0 aliphatic carbocycles. The molecule has 7 heteroatoms. The van der Waals surface area contributed by atoms with Gasteiger partial charge in [0.25, 0.3) is 0 Å². The predicted molar refractivity (Wildman–Crippen MR) is 80.3 cm³/mol. The predicted octanol–water partition coefficient (Wildman–Crippen LogP) is 3.16. The largest absolute Gasteiger partial charge is 0.370 e. The maximum absolute atomic E-state index is 13.6. The number of amides is 1. The first-order chi connectivity index (χ1) is 9.43. The molecule has 20 heavy (non-hydrogen) atoms. The Kier molecular flexibility index (Phi) is 4.65. The van der Waals surface area contributed by atoms with Crippen LogP contribution in [0.3, 0.4) is 0 Å². The molecular formula is C13H14BrClFN3O. The number of aromatic nitrogens is 2. The molecule has 0 radical (unpaired) electrons. The van der Waals surface area contributed by atoms with E-state index < -0.39 is 5.91 Å². The second-order valence-electron chi connectivity index (χ2n) is 4.61. The number of nitrogens with two attached hydrogens (primary N) is 1. The molecule has 1 atom stereocenters. The minimum absolute atomic E-state index is 0.159. The molecule has 2 aromatic rings. The molecule has 2 rings (SSSR count). The molecule has 2 N–H and O–H groups in total. The summed E-state index contributed by atoms with van der Waals surface area (Å²) in [7, 11) is 0. The van der Waals surface area contributed by atoms with Crippen LogP contribution in [0.2, 0.25) is 0 Å². The summed E-state index contributed by atoms with van der Waals surface area (Å²) in [5, 5.41) is 0. The molecule has 0 saturated carbocycles. The van der Waals surface area contributed by atoms with E-state index in [1.807, 2.05) is 11.5 Å². The smallest absolute Gasteiger partial charge is 0.219 e. The molecule has 0 saturated heterocycles. The van der Waals surface area contributed by atoms with Gasteiger partial charge in [-0.3, -0.25) is 4.79 Å². The van der Waals surface area contributed by atoms with Crippen LogP contribution in [0.25, 0.3) is 11.0 Å². The lowest BCUT2D eigenvalue weighted by Gasteiger charge is -2.16. The number of aryl methyl sites for hydroxylation is 1. The Labute approximate surface area is 129 Å². The fourth-order valence-electron chi connectivity index (χ4n) is 2.28. The van der Waals surface area contributed by atoms with Crippen LogP contribution in [-0.4, -0.2) is 21.3 Å². The van der Waals surface area contributed by atoms with E-state index in [9.17, 15) is 9.18 Å². The van der Waals surface area contributed by atoms with Gasteiger partial charge >= 0.3 is 0 Å². The number of fused-ring (bicyclic) bond motifs is 1. The van der Waals surface area contributed by atoms with E-state index in [-0.39, 0.29) is 18.3 Å². The topological polar surface area (TPSA) is 60.9 Å². The van der Waals surface area contributed by atoms with Crippen LogP contribution in [0, 0.1) is 5.82 Å². The number of hydrogen-bond donors (Lipinski definition) is 1. The van der Waals surface area contributed by atoms with Crippen molar-refractivity contribution in [3.63, 3.8) is 0 Å². The van der Waals surface area contributed by atoms with Crippen molar-refractivity contribution in [1.29, 1.82) is 0 Å². The van der Waals surface area contributed by atoms with Gasteiger partial charge in [-0.1, -0.05) is 0 Å². The number of imidazole rings is 1. The normalized spacial score (nSPS) is 12.8. The maximum atomic E-state index is 13.6. The fourth-order valence-corrected chi connectivity index (χ4v) is 2.78. The zero-order valence-electron chi connectivity index (χ0n) is 10.9. The second kappa shape index (κ2) is 6.10. The number of hydrogen-bond acceptors (Lipinski definition) is 2. The molecule has 0 bridgehead atoms. The Morgan fingerprint density at radius 1 is 1.60 bits per heavy atom. The highest BCUT2D eigenvalue weighted by Crippen LogP contribution is 2.28. The van der Waals surface area contributed by atoms with Crippen LogP contribution in [0.4, 0.5) is 4.39 Å². The van der Waals surface area contributed by atoms with E-state index >= 15 is 0 Å². The minimum Gasteiger partial charge on any atom is -0.370 e. The fraction of sp³-hybridized carbons (Fsp3) is 0.385. The summed E-state index contributed by atoms with van der Waals surface area (Å²) in [4.78, 5) is 15.5. The summed E-state index contributed by atoms with van der Waals surface area (Å²) < 4.78 is 15.8. The standard InChI is InChI=1S/C13H14BrClFN3O/c1-7(4-12(17)20)19-11-5-8(14)9(16)6-10(11)18-13(19)2-3-15/h5-7H,2-4H2,1H3,(H2,17,20). The van der Waals surface area contributed by atoms with Gasteiger partial charge < -0.3 is 10.3 Å². The Hall–Kier alpha value is -1.14. The quantitative estimate of drug-likeness (QED) is 0.831. The second-order valence-corrected chi connectivity index (χ2v) is 5.84. The summed E-state index contributed by atoms with van der Waals surface area (Å²) in [6, 6.07) is 2.87. The first-order valence-corrected chi connectivity index (χ1v) is 7.47. The third kappa shape index (κ3) is 2.96. The van der Waals surface area contributed by atoms with E-state index in [0.717, 1.165) is 11.3 Å². The third-order valence-electron chi connectivity index (χ3n) is 3.06. The van der Waals surface area contributed by atoms with Crippen molar-refractivity contribution >= 4 is 44.5 Å². The lowest BCUT2D eigenvalue weighted by Crippen LogP contribution is -2.19. The first kappa shape index (κ1) is 15.3. The molecular weight excluding hydrogens is 349 g/mol. The Morgan fingerprint density at radius 2 is 2.30 bits per heavy atom. The average molecular weight is 363 g/mol. The van der Waals surface area contributed by atoms with Crippen molar-refractivity contribution in [3.05, 3.63) is 28.2 Å². The van der Waals surface area contributed by atoms with Gasteiger partial charge in [-0.25, -0.2) is 9.37 Å². The summed E-state index contributed by atoms with van der Waals surface area (Å²) in [6.07, 6.45) is 0.730. The van der Waals surface area contributed by atoms with Crippen LogP contribution in [0.1, 0.15) is 25.2 Å². The van der Waals surface area contributed by atoms with E-state index in [1.165, 1.54) is 6.07 Å². The van der Waals surface area contributed by atoms with E-state index in [2.05, 4.69) is 20.9 Å². The number of nitrogens with zero attached hydrogens (tertiary/aromatic N) is 2. The summed E-state index contributed by atoms with van der Waals surface area (Å²) >= 11 is 8.95. The number of rotatable bonds is 5. The number of primary amides is 1. The van der Waals surface area contributed by atoms with Crippen molar-refractivity contribution in [2.45, 2.75) is 25.8 Å². The van der Waals surface area contributed by atoms with Gasteiger partial charge in [0.05, 0.1) is 15.5 Å². The highest BCUT2D eigenvalue weighted by atomic mass is 79.9. The SMILES string of the molecule is CC(CC(N)=O)n1c(CCCl)nc2cc(F)c(Br)cc21. The van der Waals surface area contributed by atoms with Crippen molar-refractivity contribution < 1.29 is 9.18 Å². The maximum Gasteiger partial charge on any atom is 0.219 e. The van der Waals surface area contributed by atoms with Crippen molar-refractivity contribution in [3.8, 4) is 0 Å². The number of carbonyl (C=O) groups excluding carboxylic acids is 1. The lowest BCUT2D eigenvalue weighted by molar-refractivity contribution is -0.118. The summed E-state index contributed by atoms with van der Waals surface area (Å²) in [5.41, 5.74) is 6.55. The summed E-state index contributed by atoms with van der Waals surface area (Å²) in [6.45, 7) is 1.88. The van der Waals surface area contributed by atoms with Gasteiger partial charge in [0, 0.05) is 30.8 Å². The Balaban J connectivity index is 2.61.